The molecular formula is C3H12Na2O4. The van der Waals surface area contributed by atoms with Crippen LogP contribution in [0.25, 0.3) is 0 Å². The van der Waals surface area contributed by atoms with Crippen molar-refractivity contribution in [3.8, 4) is 0 Å². The zero-order valence-corrected chi connectivity index (χ0v) is 10.8. The Bertz CT molecular complexity index is 13.8. The summed E-state index contributed by atoms with van der Waals surface area (Å²) in [5.74, 6) is 0. The van der Waals surface area contributed by atoms with Crippen molar-refractivity contribution in [3.63, 3.8) is 0 Å². The van der Waals surface area contributed by atoms with Crippen molar-refractivity contribution < 1.29 is 79.9 Å². The van der Waals surface area contributed by atoms with Gasteiger partial charge in [0.2, 0.25) is 0 Å². The molecule has 0 atom stereocenters. The molecule has 0 amide bonds. The minimum Gasteiger partial charge on any atom is -0.857 e. The molecule has 4 nitrogen and oxygen atoms in total. The summed E-state index contributed by atoms with van der Waals surface area (Å²) >= 11 is 0. The topological polar surface area (TPSA) is 97.8 Å². The van der Waals surface area contributed by atoms with Crippen LogP contribution in [0.15, 0.2) is 0 Å². The molecule has 0 saturated heterocycles. The molecule has 50 valence electrons. The number of aliphatic hydroxyl groups excluding tert-OH is 1. The van der Waals surface area contributed by atoms with Gasteiger partial charge in [0.25, 0.3) is 0 Å². The molecule has 0 aliphatic carbocycles. The molecular weight excluding hydrogens is 146 g/mol. The Labute approximate surface area is 100 Å². The Morgan fingerprint density at radius 1 is 0.778 bits per heavy atom. The molecule has 0 aromatic carbocycles. The first-order valence-electron chi connectivity index (χ1n) is 1.26. The predicted octanol–water partition coefficient (Wildman–Crippen LogP) is -9.26. The van der Waals surface area contributed by atoms with E-state index in [1.807, 2.05) is 0 Å². The van der Waals surface area contributed by atoms with Crippen LogP contribution in [0.3, 0.4) is 0 Å². The van der Waals surface area contributed by atoms with Gasteiger partial charge in [-0.1, -0.05) is 0 Å². The molecule has 9 heavy (non-hydrogen) atoms. The zero-order chi connectivity index (χ0) is 6.00. The first-order chi connectivity index (χ1) is 3.00. The van der Waals surface area contributed by atoms with Crippen molar-refractivity contribution in [3.05, 3.63) is 0 Å². The van der Waals surface area contributed by atoms with E-state index in [2.05, 4.69) is 0 Å². The van der Waals surface area contributed by atoms with Gasteiger partial charge in [0.1, 0.15) is 0 Å². The van der Waals surface area contributed by atoms with E-state index in [1.54, 1.807) is 0 Å². The molecule has 0 heterocycles. The summed E-state index contributed by atoms with van der Waals surface area (Å²) < 4.78 is 0. The van der Waals surface area contributed by atoms with Gasteiger partial charge in [0, 0.05) is 7.11 Å². The SMILES string of the molecule is CO.C[O-].C[O-].O.[Na+].[Na+]. The van der Waals surface area contributed by atoms with Crippen molar-refractivity contribution in [2.45, 2.75) is 0 Å². The van der Waals surface area contributed by atoms with Crippen LogP contribution in [0.2, 0.25) is 0 Å². The average molecular weight is 158 g/mol. The molecule has 0 fully saturated rings. The van der Waals surface area contributed by atoms with Crippen LogP contribution in [-0.2, 0) is 0 Å². The standard InChI is InChI=1S/CH4O.2CH3O.2Na.H2O/c3*1-2;;;/h2H,1H3;2*1H3;;;1H2/q;2*-1;2*+1;. The summed E-state index contributed by atoms with van der Waals surface area (Å²) in [5.41, 5.74) is 0. The van der Waals surface area contributed by atoms with Crippen molar-refractivity contribution >= 4 is 0 Å². The van der Waals surface area contributed by atoms with E-state index in [9.17, 15) is 0 Å². The van der Waals surface area contributed by atoms with E-state index in [0.717, 1.165) is 21.3 Å². The fourth-order valence-corrected chi connectivity index (χ4v) is 0. The molecule has 0 bridgehead atoms. The van der Waals surface area contributed by atoms with Crippen molar-refractivity contribution in [2.75, 3.05) is 21.3 Å². The third-order valence-corrected chi connectivity index (χ3v) is 0. The predicted molar refractivity (Wildman–Crippen MR) is 23.6 cm³/mol. The molecule has 0 aromatic rings. The van der Waals surface area contributed by atoms with Gasteiger partial charge in [-0.15, -0.1) is 0 Å². The summed E-state index contributed by atoms with van der Waals surface area (Å²) in [5, 5.41) is 23.5. The molecule has 0 saturated carbocycles. The van der Waals surface area contributed by atoms with Gasteiger partial charge in [-0.25, -0.2) is 0 Å². The molecule has 0 radical (unpaired) electrons. The largest absolute Gasteiger partial charge is 1.00 e. The zero-order valence-electron chi connectivity index (χ0n) is 6.76. The van der Waals surface area contributed by atoms with Crippen LogP contribution in [-0.4, -0.2) is 31.9 Å². The van der Waals surface area contributed by atoms with Crippen LogP contribution in [0.4, 0.5) is 0 Å². The number of hydrogen-bond acceptors (Lipinski definition) is 3. The maximum absolute atomic E-state index is 8.25. The fourth-order valence-electron chi connectivity index (χ4n) is 0. The van der Waals surface area contributed by atoms with Crippen LogP contribution in [0.1, 0.15) is 0 Å². The molecule has 0 aliphatic rings. The van der Waals surface area contributed by atoms with Gasteiger partial charge in [0.15, 0.2) is 0 Å². The Kier molecular flexibility index (Phi) is 1130. The number of hydrogen-bond donors (Lipinski definition) is 1. The maximum atomic E-state index is 8.25. The Balaban J connectivity index is -0.00000000321. The molecule has 6 heteroatoms. The molecule has 0 unspecified atom stereocenters. The third kappa shape index (κ3) is 179. The van der Waals surface area contributed by atoms with Crippen molar-refractivity contribution in [1.29, 1.82) is 0 Å². The quantitative estimate of drug-likeness (QED) is 0.354. The minimum absolute atomic E-state index is 0. The molecule has 0 aliphatic heterocycles. The number of rotatable bonds is 0. The van der Waals surface area contributed by atoms with E-state index in [0.29, 0.717) is 0 Å². The summed E-state index contributed by atoms with van der Waals surface area (Å²) in [4.78, 5) is 0. The smallest absolute Gasteiger partial charge is 0.857 e. The Hall–Kier alpha value is 1.84. The van der Waals surface area contributed by atoms with Gasteiger partial charge in [-0.3, -0.25) is 0 Å². The van der Waals surface area contributed by atoms with E-state index < -0.39 is 0 Å². The van der Waals surface area contributed by atoms with Crippen molar-refractivity contribution in [2.24, 2.45) is 0 Å². The summed E-state index contributed by atoms with van der Waals surface area (Å²) in [6.45, 7) is 0. The average Bonchev–Trinajstić information content (AvgIpc) is 1.81. The van der Waals surface area contributed by atoms with Gasteiger partial charge in [-0.2, -0.15) is 14.2 Å². The van der Waals surface area contributed by atoms with E-state index in [-0.39, 0.29) is 64.6 Å². The second-order valence-corrected chi connectivity index (χ2v) is 0. The van der Waals surface area contributed by atoms with Crippen LogP contribution in [0.5, 0.6) is 0 Å². The first-order valence-corrected chi connectivity index (χ1v) is 1.26. The Morgan fingerprint density at radius 2 is 0.778 bits per heavy atom. The molecule has 0 aromatic heterocycles. The molecule has 0 spiro atoms. The van der Waals surface area contributed by atoms with Gasteiger partial charge >= 0.3 is 59.1 Å². The van der Waals surface area contributed by atoms with Gasteiger partial charge < -0.3 is 20.8 Å². The molecule has 0 rings (SSSR count). The van der Waals surface area contributed by atoms with Crippen LogP contribution in [0, 0.1) is 0 Å². The number of aliphatic hydroxyl groups is 1. The second kappa shape index (κ2) is 227. The second-order valence-electron chi connectivity index (χ2n) is 0. The minimum atomic E-state index is 0. The van der Waals surface area contributed by atoms with E-state index in [1.165, 1.54) is 0 Å². The van der Waals surface area contributed by atoms with Gasteiger partial charge in [-0.05, 0) is 0 Å². The third-order valence-electron chi connectivity index (χ3n) is 0. The van der Waals surface area contributed by atoms with Gasteiger partial charge in [0.05, 0.1) is 0 Å². The monoisotopic (exact) mass is 158 g/mol. The normalized spacial score (nSPS) is 2.00. The van der Waals surface area contributed by atoms with E-state index in [4.69, 9.17) is 15.3 Å². The first kappa shape index (κ1) is 44.8. The van der Waals surface area contributed by atoms with Crippen molar-refractivity contribution in [1.82, 2.24) is 0 Å². The fraction of sp³-hybridized carbons (Fsp3) is 1.00. The summed E-state index contributed by atoms with van der Waals surface area (Å²) in [6.07, 6.45) is 0. The van der Waals surface area contributed by atoms with Crippen LogP contribution >= 0.6 is 0 Å². The summed E-state index contributed by atoms with van der Waals surface area (Å²) in [6, 6.07) is 0. The van der Waals surface area contributed by atoms with E-state index >= 15 is 0 Å². The maximum Gasteiger partial charge on any atom is 1.00 e. The Morgan fingerprint density at radius 3 is 0.778 bits per heavy atom. The molecule has 3 N–H and O–H groups in total. The van der Waals surface area contributed by atoms with Crippen LogP contribution < -0.4 is 69.3 Å². The summed E-state index contributed by atoms with van der Waals surface area (Å²) in [7, 11) is 2.50.